The standard InChI is InChI=1S/C19H20INO4S/c1-10-4-11(2-3-16(10)24-8-12-6-22-12)14-5-15(21)18(17(20)19(14)26)25-9-13-7-23-13/h2-5,12-13,26H,6-9,21H2,1H3. The average Bonchev–Trinajstić information content (AvgIpc) is 3.51. The minimum atomic E-state index is 0.185. The van der Waals surface area contributed by atoms with E-state index in [-0.39, 0.29) is 12.2 Å². The van der Waals surface area contributed by atoms with Crippen molar-refractivity contribution in [2.24, 2.45) is 0 Å². The molecule has 2 saturated heterocycles. The van der Waals surface area contributed by atoms with E-state index in [2.05, 4.69) is 28.7 Å². The van der Waals surface area contributed by atoms with Crippen LogP contribution in [0.3, 0.4) is 0 Å². The first-order valence-electron chi connectivity index (χ1n) is 8.43. The van der Waals surface area contributed by atoms with Gasteiger partial charge in [0.05, 0.1) is 22.5 Å². The van der Waals surface area contributed by atoms with Gasteiger partial charge < -0.3 is 24.7 Å². The van der Waals surface area contributed by atoms with Crippen molar-refractivity contribution in [1.29, 1.82) is 0 Å². The molecule has 2 fully saturated rings. The molecule has 0 amide bonds. The highest BCUT2D eigenvalue weighted by atomic mass is 127. The van der Waals surface area contributed by atoms with Gasteiger partial charge in [0.15, 0.2) is 5.75 Å². The van der Waals surface area contributed by atoms with E-state index in [9.17, 15) is 0 Å². The van der Waals surface area contributed by atoms with Crippen LogP contribution in [0.15, 0.2) is 29.2 Å². The Morgan fingerprint density at radius 2 is 1.81 bits per heavy atom. The molecular weight excluding hydrogens is 465 g/mol. The summed E-state index contributed by atoms with van der Waals surface area (Å²) in [5, 5.41) is 0. The van der Waals surface area contributed by atoms with Gasteiger partial charge in [-0.05, 0) is 64.4 Å². The predicted molar refractivity (Wildman–Crippen MR) is 111 cm³/mol. The van der Waals surface area contributed by atoms with Gasteiger partial charge in [0.2, 0.25) is 0 Å². The van der Waals surface area contributed by atoms with Crippen LogP contribution < -0.4 is 15.2 Å². The normalized spacial score (nSPS) is 20.7. The van der Waals surface area contributed by atoms with Crippen molar-refractivity contribution < 1.29 is 18.9 Å². The molecule has 2 heterocycles. The molecule has 26 heavy (non-hydrogen) atoms. The Morgan fingerprint density at radius 3 is 2.42 bits per heavy atom. The zero-order chi connectivity index (χ0) is 18.3. The lowest BCUT2D eigenvalue weighted by Crippen LogP contribution is -2.08. The van der Waals surface area contributed by atoms with Gasteiger partial charge in [-0.2, -0.15) is 0 Å². The molecule has 0 radical (unpaired) electrons. The Morgan fingerprint density at radius 1 is 1.15 bits per heavy atom. The molecule has 2 unspecified atom stereocenters. The lowest BCUT2D eigenvalue weighted by atomic mass is 10.0. The van der Waals surface area contributed by atoms with Gasteiger partial charge in [-0.3, -0.25) is 0 Å². The lowest BCUT2D eigenvalue weighted by molar-refractivity contribution is 0.262. The van der Waals surface area contributed by atoms with Gasteiger partial charge in [-0.25, -0.2) is 0 Å². The predicted octanol–water partition coefficient (Wildman–Crippen LogP) is 3.69. The minimum Gasteiger partial charge on any atom is -0.491 e. The number of halogens is 1. The second-order valence-electron chi connectivity index (χ2n) is 6.52. The van der Waals surface area contributed by atoms with Crippen LogP contribution >= 0.6 is 35.2 Å². The second kappa shape index (κ2) is 7.46. The molecule has 2 aliphatic rings. The van der Waals surface area contributed by atoms with Crippen LogP contribution in [0.25, 0.3) is 11.1 Å². The lowest BCUT2D eigenvalue weighted by Gasteiger charge is -2.16. The summed E-state index contributed by atoms with van der Waals surface area (Å²) in [6, 6.07) is 8.02. The van der Waals surface area contributed by atoms with Crippen molar-refractivity contribution in [3.05, 3.63) is 33.4 Å². The fourth-order valence-corrected chi connectivity index (χ4v) is 3.73. The first-order valence-corrected chi connectivity index (χ1v) is 9.96. The van der Waals surface area contributed by atoms with Gasteiger partial charge in [0, 0.05) is 4.90 Å². The van der Waals surface area contributed by atoms with Gasteiger partial charge in [-0.15, -0.1) is 12.6 Å². The summed E-state index contributed by atoms with van der Waals surface area (Å²) in [6.07, 6.45) is 0.428. The van der Waals surface area contributed by atoms with Crippen LogP contribution in [0, 0.1) is 10.5 Å². The third kappa shape index (κ3) is 4.05. The van der Waals surface area contributed by atoms with Gasteiger partial charge >= 0.3 is 0 Å². The minimum absolute atomic E-state index is 0.185. The highest BCUT2D eigenvalue weighted by molar-refractivity contribution is 14.1. The van der Waals surface area contributed by atoms with E-state index in [4.69, 9.17) is 37.3 Å². The molecule has 2 aromatic rings. The van der Waals surface area contributed by atoms with Crippen LogP contribution in [-0.2, 0) is 9.47 Å². The molecule has 7 heteroatoms. The van der Waals surface area contributed by atoms with Crippen LogP contribution in [0.2, 0.25) is 0 Å². The fraction of sp³-hybridized carbons (Fsp3) is 0.368. The zero-order valence-electron chi connectivity index (χ0n) is 14.3. The highest BCUT2D eigenvalue weighted by Crippen LogP contribution is 2.41. The number of anilines is 1. The second-order valence-corrected chi connectivity index (χ2v) is 8.04. The number of epoxide rings is 2. The topological polar surface area (TPSA) is 69.5 Å². The Labute approximate surface area is 171 Å². The molecule has 2 N–H and O–H groups in total. The first-order chi connectivity index (χ1) is 12.5. The van der Waals surface area contributed by atoms with Crippen LogP contribution in [0.4, 0.5) is 5.69 Å². The summed E-state index contributed by atoms with van der Waals surface area (Å²) in [5.41, 5.74) is 9.94. The number of hydrogen-bond donors (Lipinski definition) is 2. The average molecular weight is 485 g/mol. The van der Waals surface area contributed by atoms with Gasteiger partial charge in [0.25, 0.3) is 0 Å². The van der Waals surface area contributed by atoms with Gasteiger partial charge in [-0.1, -0.05) is 6.07 Å². The van der Waals surface area contributed by atoms with Gasteiger partial charge in [0.1, 0.15) is 31.2 Å². The summed E-state index contributed by atoms with van der Waals surface area (Å²) in [7, 11) is 0. The molecule has 0 saturated carbocycles. The summed E-state index contributed by atoms with van der Waals surface area (Å²) < 4.78 is 22.9. The van der Waals surface area contributed by atoms with E-state index in [0.717, 1.165) is 44.1 Å². The van der Waals surface area contributed by atoms with E-state index >= 15 is 0 Å². The maximum absolute atomic E-state index is 6.25. The number of thiol groups is 1. The molecule has 0 aromatic heterocycles. The van der Waals surface area contributed by atoms with Crippen molar-refractivity contribution >= 4 is 40.9 Å². The Bertz CT molecular complexity index is 837. The Balaban J connectivity index is 1.58. The molecule has 0 aliphatic carbocycles. The first kappa shape index (κ1) is 18.2. The maximum atomic E-state index is 6.25. The Hall–Kier alpha value is -1.16. The molecule has 138 valence electrons. The van der Waals surface area contributed by atoms with Crippen molar-refractivity contribution in [3.63, 3.8) is 0 Å². The highest BCUT2D eigenvalue weighted by Gasteiger charge is 2.25. The van der Waals surface area contributed by atoms with Crippen molar-refractivity contribution in [2.45, 2.75) is 24.0 Å². The molecule has 5 nitrogen and oxygen atoms in total. The van der Waals surface area contributed by atoms with Crippen molar-refractivity contribution in [3.8, 4) is 22.6 Å². The van der Waals surface area contributed by atoms with Crippen molar-refractivity contribution in [1.82, 2.24) is 0 Å². The van der Waals surface area contributed by atoms with Crippen LogP contribution in [0.1, 0.15) is 5.56 Å². The number of rotatable bonds is 7. The molecule has 0 spiro atoms. The quantitative estimate of drug-likeness (QED) is 0.271. The van der Waals surface area contributed by atoms with Crippen LogP contribution in [-0.4, -0.2) is 38.6 Å². The maximum Gasteiger partial charge on any atom is 0.156 e. The summed E-state index contributed by atoms with van der Waals surface area (Å²) >= 11 is 6.95. The number of benzene rings is 2. The van der Waals surface area contributed by atoms with Crippen molar-refractivity contribution in [2.75, 3.05) is 32.2 Å². The van der Waals surface area contributed by atoms with E-state index in [1.54, 1.807) is 0 Å². The SMILES string of the molecule is Cc1cc(-c2cc(N)c(OCC3CO3)c(I)c2S)ccc1OCC1CO1. The molecule has 2 aromatic carbocycles. The molecule has 0 bridgehead atoms. The third-order valence-corrected chi connectivity index (χ3v) is 6.27. The summed E-state index contributed by atoms with van der Waals surface area (Å²) in [5.74, 6) is 1.55. The number of hydrogen-bond acceptors (Lipinski definition) is 6. The smallest absolute Gasteiger partial charge is 0.156 e. The van der Waals surface area contributed by atoms with E-state index < -0.39 is 0 Å². The summed E-state index contributed by atoms with van der Waals surface area (Å²) in [4.78, 5) is 0.853. The molecule has 4 rings (SSSR count). The molecular formula is C19H20INO4S. The monoisotopic (exact) mass is 485 g/mol. The van der Waals surface area contributed by atoms with Crippen LogP contribution in [0.5, 0.6) is 11.5 Å². The molecule has 2 aliphatic heterocycles. The third-order valence-electron chi connectivity index (χ3n) is 4.35. The zero-order valence-corrected chi connectivity index (χ0v) is 17.4. The van der Waals surface area contributed by atoms with E-state index in [1.807, 2.05) is 25.1 Å². The largest absolute Gasteiger partial charge is 0.491 e. The fourth-order valence-electron chi connectivity index (χ4n) is 2.68. The van der Waals surface area contributed by atoms with E-state index in [0.29, 0.717) is 24.7 Å². The number of aryl methyl sites for hydroxylation is 1. The summed E-state index contributed by atoms with van der Waals surface area (Å²) in [6.45, 7) is 4.69. The number of ether oxygens (including phenoxy) is 4. The Kier molecular flexibility index (Phi) is 5.22. The number of nitrogens with two attached hydrogens (primary N) is 1. The molecule has 2 atom stereocenters. The number of nitrogen functional groups attached to an aromatic ring is 1. The van der Waals surface area contributed by atoms with E-state index in [1.165, 1.54) is 0 Å².